The van der Waals surface area contributed by atoms with Crippen LogP contribution in [0, 0.1) is 9.39 Å². The van der Waals surface area contributed by atoms with E-state index in [1.807, 2.05) is 22.6 Å². The standard InChI is InChI=1S/C13H15FINO3S2/c1-2-21(18,19)12-8-20-6-5-16(12)13(17)10-4-3-9(14)7-11(10)15/h3-4,7,12H,2,5-6,8H2,1H3. The quantitative estimate of drug-likeness (QED) is 0.674. The molecule has 21 heavy (non-hydrogen) atoms. The second-order valence-electron chi connectivity index (χ2n) is 4.60. The third kappa shape index (κ3) is 3.70. The molecule has 0 aliphatic carbocycles. The molecule has 1 unspecified atom stereocenters. The molecule has 0 saturated carbocycles. The molecular weight excluding hydrogens is 428 g/mol. The second kappa shape index (κ2) is 6.82. The van der Waals surface area contributed by atoms with Crippen LogP contribution in [0.1, 0.15) is 17.3 Å². The van der Waals surface area contributed by atoms with Crippen molar-refractivity contribution < 1.29 is 17.6 Å². The average molecular weight is 443 g/mol. The van der Waals surface area contributed by atoms with Gasteiger partial charge in [0, 0.05) is 27.4 Å². The first-order chi connectivity index (χ1) is 9.86. The van der Waals surface area contributed by atoms with Crippen LogP contribution in [0.3, 0.4) is 0 Å². The molecule has 1 saturated heterocycles. The highest BCUT2D eigenvalue weighted by Gasteiger charge is 2.36. The Hall–Kier alpha value is -0.350. The maximum Gasteiger partial charge on any atom is 0.256 e. The maximum atomic E-state index is 13.1. The van der Waals surface area contributed by atoms with Gasteiger partial charge in [-0.05, 0) is 40.8 Å². The van der Waals surface area contributed by atoms with Crippen molar-refractivity contribution in [2.75, 3.05) is 23.8 Å². The molecular formula is C13H15FINO3S2. The molecule has 0 N–H and O–H groups in total. The van der Waals surface area contributed by atoms with Crippen LogP contribution in [0.4, 0.5) is 4.39 Å². The summed E-state index contributed by atoms with van der Waals surface area (Å²) >= 11 is 3.43. The molecule has 8 heteroatoms. The Labute approximate surface area is 141 Å². The fourth-order valence-corrected chi connectivity index (χ4v) is 5.79. The molecule has 1 atom stereocenters. The van der Waals surface area contributed by atoms with Crippen LogP contribution in [0.2, 0.25) is 0 Å². The number of nitrogens with zero attached hydrogens (tertiary/aromatic N) is 1. The fraction of sp³-hybridized carbons (Fsp3) is 0.462. The molecule has 1 amide bonds. The summed E-state index contributed by atoms with van der Waals surface area (Å²) in [4.78, 5) is 14.0. The maximum absolute atomic E-state index is 13.1. The second-order valence-corrected chi connectivity index (χ2v) is 9.36. The highest BCUT2D eigenvalue weighted by atomic mass is 127. The predicted molar refractivity (Wildman–Crippen MR) is 90.7 cm³/mol. The monoisotopic (exact) mass is 443 g/mol. The molecule has 1 fully saturated rings. The van der Waals surface area contributed by atoms with Gasteiger partial charge >= 0.3 is 0 Å². The summed E-state index contributed by atoms with van der Waals surface area (Å²) in [5, 5.41) is -0.797. The molecule has 0 bridgehead atoms. The molecule has 1 heterocycles. The molecule has 1 aliphatic heterocycles. The first-order valence-electron chi connectivity index (χ1n) is 6.42. The van der Waals surface area contributed by atoms with Crippen molar-refractivity contribution in [3.63, 3.8) is 0 Å². The number of rotatable bonds is 3. The summed E-state index contributed by atoms with van der Waals surface area (Å²) in [5.41, 5.74) is 0.347. The van der Waals surface area contributed by atoms with Crippen molar-refractivity contribution >= 4 is 50.1 Å². The molecule has 0 radical (unpaired) electrons. The molecule has 4 nitrogen and oxygen atoms in total. The van der Waals surface area contributed by atoms with Crippen molar-refractivity contribution in [1.82, 2.24) is 4.90 Å². The predicted octanol–water partition coefficient (Wildman–Crippen LogP) is 2.38. The lowest BCUT2D eigenvalue weighted by molar-refractivity contribution is 0.0748. The van der Waals surface area contributed by atoms with Gasteiger partial charge in [-0.25, -0.2) is 12.8 Å². The number of halogens is 2. The normalized spacial score (nSPS) is 19.6. The minimum atomic E-state index is -3.34. The van der Waals surface area contributed by atoms with Crippen molar-refractivity contribution in [3.8, 4) is 0 Å². The lowest BCUT2D eigenvalue weighted by atomic mass is 10.2. The minimum absolute atomic E-state index is 0.00250. The zero-order valence-corrected chi connectivity index (χ0v) is 15.2. The first-order valence-corrected chi connectivity index (χ1v) is 10.4. The number of carbonyl (C=O) groups is 1. The summed E-state index contributed by atoms with van der Waals surface area (Å²) in [6.07, 6.45) is 0. The Morgan fingerprint density at radius 2 is 2.24 bits per heavy atom. The Kier molecular flexibility index (Phi) is 5.53. The van der Waals surface area contributed by atoms with Gasteiger partial charge in [0.05, 0.1) is 5.56 Å². The zero-order chi connectivity index (χ0) is 15.6. The Morgan fingerprint density at radius 1 is 1.52 bits per heavy atom. The molecule has 0 spiro atoms. The highest BCUT2D eigenvalue weighted by Crippen LogP contribution is 2.25. The summed E-state index contributed by atoms with van der Waals surface area (Å²) in [5.74, 6) is 0.339. The smallest absolute Gasteiger partial charge is 0.256 e. The van der Waals surface area contributed by atoms with Gasteiger partial charge in [0.15, 0.2) is 9.84 Å². The summed E-state index contributed by atoms with van der Waals surface area (Å²) in [6, 6.07) is 3.91. The van der Waals surface area contributed by atoms with Gasteiger partial charge in [0.1, 0.15) is 11.2 Å². The van der Waals surface area contributed by atoms with Gasteiger partial charge in [0.2, 0.25) is 0 Å². The van der Waals surface area contributed by atoms with E-state index in [0.717, 1.165) is 0 Å². The topological polar surface area (TPSA) is 54.5 Å². The number of thioether (sulfide) groups is 1. The Balaban J connectivity index is 2.35. The fourth-order valence-electron chi connectivity index (χ4n) is 2.12. The number of sulfone groups is 1. The zero-order valence-electron chi connectivity index (χ0n) is 11.4. The van der Waals surface area contributed by atoms with Crippen LogP contribution in [0.25, 0.3) is 0 Å². The summed E-state index contributed by atoms with van der Waals surface area (Å²) < 4.78 is 38.0. The molecule has 116 valence electrons. The van der Waals surface area contributed by atoms with Gasteiger partial charge in [-0.2, -0.15) is 11.8 Å². The third-order valence-corrected chi connectivity index (χ3v) is 7.51. The van der Waals surface area contributed by atoms with E-state index in [4.69, 9.17) is 0 Å². The van der Waals surface area contributed by atoms with Crippen molar-refractivity contribution in [3.05, 3.63) is 33.1 Å². The Morgan fingerprint density at radius 3 is 2.86 bits per heavy atom. The van der Waals surface area contributed by atoms with Crippen LogP contribution in [0.5, 0.6) is 0 Å². The largest absolute Gasteiger partial charge is 0.320 e. The van der Waals surface area contributed by atoms with Crippen LogP contribution >= 0.6 is 34.4 Å². The number of benzene rings is 1. The lowest BCUT2D eigenvalue weighted by Crippen LogP contribution is -2.50. The van der Waals surface area contributed by atoms with E-state index in [1.54, 1.807) is 6.92 Å². The van der Waals surface area contributed by atoms with E-state index in [2.05, 4.69) is 0 Å². The van der Waals surface area contributed by atoms with E-state index in [0.29, 0.717) is 27.2 Å². The van der Waals surface area contributed by atoms with Crippen molar-refractivity contribution in [2.24, 2.45) is 0 Å². The SMILES string of the molecule is CCS(=O)(=O)C1CSCCN1C(=O)c1ccc(F)cc1I. The minimum Gasteiger partial charge on any atom is -0.320 e. The number of carbonyl (C=O) groups excluding carboxylic acids is 1. The lowest BCUT2D eigenvalue weighted by Gasteiger charge is -2.34. The molecule has 2 rings (SSSR count). The van der Waals surface area contributed by atoms with Crippen LogP contribution in [-0.2, 0) is 9.84 Å². The van der Waals surface area contributed by atoms with Crippen LogP contribution in [-0.4, -0.2) is 48.4 Å². The molecule has 0 aromatic heterocycles. The molecule has 1 aromatic carbocycles. The van der Waals surface area contributed by atoms with E-state index in [-0.39, 0.29) is 11.7 Å². The first kappa shape index (κ1) is 17.0. The van der Waals surface area contributed by atoms with Crippen molar-refractivity contribution in [2.45, 2.75) is 12.3 Å². The number of hydrogen-bond donors (Lipinski definition) is 0. The highest BCUT2D eigenvalue weighted by molar-refractivity contribution is 14.1. The molecule has 1 aliphatic rings. The number of amides is 1. The summed E-state index contributed by atoms with van der Waals surface area (Å²) in [6.45, 7) is 1.97. The van der Waals surface area contributed by atoms with Crippen molar-refractivity contribution in [1.29, 1.82) is 0 Å². The third-order valence-electron chi connectivity index (χ3n) is 3.32. The Bertz CT molecular complexity index is 651. The van der Waals surface area contributed by atoms with Crippen LogP contribution < -0.4 is 0 Å². The average Bonchev–Trinajstić information content (AvgIpc) is 2.46. The van der Waals surface area contributed by atoms with Gasteiger partial charge in [-0.3, -0.25) is 4.79 Å². The van der Waals surface area contributed by atoms with Gasteiger partial charge in [-0.1, -0.05) is 6.92 Å². The molecule has 1 aromatic rings. The van der Waals surface area contributed by atoms with E-state index in [9.17, 15) is 17.6 Å². The van der Waals surface area contributed by atoms with Gasteiger partial charge in [0.25, 0.3) is 5.91 Å². The summed E-state index contributed by atoms with van der Waals surface area (Å²) in [7, 11) is -3.34. The van der Waals surface area contributed by atoms with Gasteiger partial charge < -0.3 is 4.90 Å². The number of hydrogen-bond acceptors (Lipinski definition) is 4. The van der Waals surface area contributed by atoms with E-state index in [1.165, 1.54) is 34.9 Å². The van der Waals surface area contributed by atoms with Gasteiger partial charge in [-0.15, -0.1) is 0 Å². The van der Waals surface area contributed by atoms with E-state index >= 15 is 0 Å². The van der Waals surface area contributed by atoms with Crippen LogP contribution in [0.15, 0.2) is 18.2 Å². The van der Waals surface area contributed by atoms with E-state index < -0.39 is 21.0 Å².